The molecule has 6 nitrogen and oxygen atoms in total. The molecule has 0 fully saturated rings. The average Bonchev–Trinajstić information content (AvgIpc) is 2.30. The molecule has 0 radical (unpaired) electrons. The van der Waals surface area contributed by atoms with Gasteiger partial charge in [0, 0.05) is 17.2 Å². The van der Waals surface area contributed by atoms with Crippen molar-refractivity contribution in [3.8, 4) is 0 Å². The lowest BCUT2D eigenvalue weighted by Crippen LogP contribution is -2.10. The first-order valence-electron chi connectivity index (χ1n) is 4.86. The molecule has 0 amide bonds. The molecule has 0 aromatic carbocycles. The molecule has 0 saturated heterocycles. The van der Waals surface area contributed by atoms with Gasteiger partial charge in [-0.3, -0.25) is 4.79 Å². The molecule has 1 aromatic rings. The molecule has 0 N–H and O–H groups in total. The van der Waals surface area contributed by atoms with Crippen molar-refractivity contribution in [1.82, 2.24) is 4.98 Å². The average molecular weight is 260 g/mol. The number of alkyl halides is 2. The molecular weight excluding hydrogens is 250 g/mol. The van der Waals surface area contributed by atoms with Crippen molar-refractivity contribution in [2.75, 3.05) is 7.11 Å². The Kier molecular flexibility index (Phi) is 4.24. The molecule has 0 spiro atoms. The summed E-state index contributed by atoms with van der Waals surface area (Å²) < 4.78 is 29.8. The van der Waals surface area contributed by atoms with E-state index in [0.29, 0.717) is 6.07 Å². The Morgan fingerprint density at radius 2 is 2.22 bits per heavy atom. The molecule has 0 saturated carbocycles. The van der Waals surface area contributed by atoms with Gasteiger partial charge in [0.1, 0.15) is 6.42 Å². The zero-order valence-electron chi connectivity index (χ0n) is 9.65. The third-order valence-corrected chi connectivity index (χ3v) is 2.36. The minimum absolute atomic E-state index is 0.0565. The standard InChI is InChI=1S/C10H10F2N2O4/c1-5-6(10(11)12)3-8(14(16)17)13-7(5)4-9(15)18-2/h3,10H,4H2,1-2H3. The summed E-state index contributed by atoms with van der Waals surface area (Å²) in [6, 6.07) is 0.709. The van der Waals surface area contributed by atoms with Gasteiger partial charge in [-0.25, -0.2) is 8.78 Å². The predicted octanol–water partition coefficient (Wildman–Crippen LogP) is 1.95. The molecule has 1 heterocycles. The summed E-state index contributed by atoms with van der Waals surface area (Å²) in [5.41, 5.74) is -0.525. The van der Waals surface area contributed by atoms with Crippen molar-refractivity contribution in [1.29, 1.82) is 0 Å². The van der Waals surface area contributed by atoms with Gasteiger partial charge in [0.25, 0.3) is 6.43 Å². The Bertz CT molecular complexity index is 491. The van der Waals surface area contributed by atoms with Crippen LogP contribution >= 0.6 is 0 Å². The molecule has 18 heavy (non-hydrogen) atoms. The molecular formula is C10H10F2N2O4. The van der Waals surface area contributed by atoms with E-state index in [4.69, 9.17) is 0 Å². The topological polar surface area (TPSA) is 82.3 Å². The Balaban J connectivity index is 3.31. The van der Waals surface area contributed by atoms with E-state index >= 15 is 0 Å². The first-order chi connectivity index (χ1) is 8.36. The second-order valence-corrected chi connectivity index (χ2v) is 3.45. The number of carbonyl (C=O) groups is 1. The van der Waals surface area contributed by atoms with Crippen LogP contribution < -0.4 is 0 Å². The maximum Gasteiger partial charge on any atom is 0.364 e. The van der Waals surface area contributed by atoms with Crippen molar-refractivity contribution < 1.29 is 23.2 Å². The SMILES string of the molecule is COC(=O)Cc1nc([N+](=O)[O-])cc(C(F)F)c1C. The van der Waals surface area contributed by atoms with E-state index in [-0.39, 0.29) is 17.7 Å². The molecule has 1 rings (SSSR count). The smallest absolute Gasteiger partial charge is 0.364 e. The van der Waals surface area contributed by atoms with Crippen LogP contribution in [0, 0.1) is 17.0 Å². The zero-order valence-corrected chi connectivity index (χ0v) is 9.65. The van der Waals surface area contributed by atoms with Crippen LogP contribution in [0.5, 0.6) is 0 Å². The van der Waals surface area contributed by atoms with Crippen LogP contribution in [0.4, 0.5) is 14.6 Å². The Hall–Kier alpha value is -2.12. The number of hydrogen-bond donors (Lipinski definition) is 0. The van der Waals surface area contributed by atoms with Gasteiger partial charge < -0.3 is 14.9 Å². The lowest BCUT2D eigenvalue weighted by Gasteiger charge is -2.06. The highest BCUT2D eigenvalue weighted by Gasteiger charge is 2.24. The number of esters is 1. The number of nitro groups is 1. The molecule has 1 aromatic heterocycles. The number of hydrogen-bond acceptors (Lipinski definition) is 5. The summed E-state index contributed by atoms with van der Waals surface area (Å²) in [5.74, 6) is -1.42. The monoisotopic (exact) mass is 260 g/mol. The number of carbonyl (C=O) groups excluding carboxylic acids is 1. The van der Waals surface area contributed by atoms with E-state index < -0.39 is 28.7 Å². The number of ether oxygens (including phenoxy) is 1. The van der Waals surface area contributed by atoms with Gasteiger partial charge in [-0.05, 0) is 16.8 Å². The third kappa shape index (κ3) is 2.96. The van der Waals surface area contributed by atoms with E-state index in [1.807, 2.05) is 0 Å². The Morgan fingerprint density at radius 1 is 1.61 bits per heavy atom. The lowest BCUT2D eigenvalue weighted by atomic mass is 10.1. The molecule has 0 unspecified atom stereocenters. The fourth-order valence-electron chi connectivity index (χ4n) is 1.37. The summed E-state index contributed by atoms with van der Waals surface area (Å²) in [6.45, 7) is 1.33. The molecule has 0 aliphatic rings. The van der Waals surface area contributed by atoms with E-state index in [1.165, 1.54) is 6.92 Å². The van der Waals surface area contributed by atoms with Crippen LogP contribution in [0.25, 0.3) is 0 Å². The molecule has 8 heteroatoms. The van der Waals surface area contributed by atoms with Crippen LogP contribution in [0.2, 0.25) is 0 Å². The van der Waals surface area contributed by atoms with Crippen molar-refractivity contribution in [2.24, 2.45) is 0 Å². The Morgan fingerprint density at radius 3 is 2.67 bits per heavy atom. The maximum atomic E-state index is 12.7. The largest absolute Gasteiger partial charge is 0.469 e. The third-order valence-electron chi connectivity index (χ3n) is 2.36. The fourth-order valence-corrected chi connectivity index (χ4v) is 1.37. The van der Waals surface area contributed by atoms with Crippen LogP contribution in [0.1, 0.15) is 23.2 Å². The molecule has 0 bridgehead atoms. The van der Waals surface area contributed by atoms with Gasteiger partial charge in [0.2, 0.25) is 0 Å². The number of rotatable bonds is 4. The highest BCUT2D eigenvalue weighted by Crippen LogP contribution is 2.27. The van der Waals surface area contributed by atoms with Gasteiger partial charge >= 0.3 is 11.8 Å². The van der Waals surface area contributed by atoms with Crippen molar-refractivity contribution >= 4 is 11.8 Å². The number of halogens is 2. The summed E-state index contributed by atoms with van der Waals surface area (Å²) in [7, 11) is 1.13. The second kappa shape index (κ2) is 5.48. The summed E-state index contributed by atoms with van der Waals surface area (Å²) in [5, 5.41) is 10.6. The number of nitrogens with zero attached hydrogens (tertiary/aromatic N) is 2. The first-order valence-corrected chi connectivity index (χ1v) is 4.86. The fraction of sp³-hybridized carbons (Fsp3) is 0.400. The van der Waals surface area contributed by atoms with Crippen LogP contribution in [-0.4, -0.2) is 23.0 Å². The summed E-state index contributed by atoms with van der Waals surface area (Å²) in [4.78, 5) is 24.3. The quantitative estimate of drug-likeness (QED) is 0.469. The second-order valence-electron chi connectivity index (χ2n) is 3.45. The molecule has 98 valence electrons. The zero-order chi connectivity index (χ0) is 13.9. The van der Waals surface area contributed by atoms with E-state index in [0.717, 1.165) is 7.11 Å². The summed E-state index contributed by atoms with van der Waals surface area (Å²) >= 11 is 0. The van der Waals surface area contributed by atoms with Crippen LogP contribution in [-0.2, 0) is 16.0 Å². The highest BCUT2D eigenvalue weighted by molar-refractivity contribution is 5.72. The van der Waals surface area contributed by atoms with Crippen molar-refractivity contribution in [2.45, 2.75) is 19.8 Å². The highest BCUT2D eigenvalue weighted by atomic mass is 19.3. The number of aromatic nitrogens is 1. The van der Waals surface area contributed by atoms with E-state index in [1.54, 1.807) is 0 Å². The van der Waals surface area contributed by atoms with Gasteiger partial charge in [-0.2, -0.15) is 0 Å². The normalized spacial score (nSPS) is 10.5. The van der Waals surface area contributed by atoms with Gasteiger partial charge in [-0.1, -0.05) is 0 Å². The van der Waals surface area contributed by atoms with Crippen molar-refractivity contribution in [3.05, 3.63) is 33.0 Å². The number of pyridine rings is 1. The van der Waals surface area contributed by atoms with Gasteiger partial charge in [0.15, 0.2) is 5.69 Å². The van der Waals surface area contributed by atoms with Crippen LogP contribution in [0.3, 0.4) is 0 Å². The number of methoxy groups -OCH3 is 1. The molecule has 0 aliphatic heterocycles. The van der Waals surface area contributed by atoms with Crippen LogP contribution in [0.15, 0.2) is 6.07 Å². The maximum absolute atomic E-state index is 12.7. The Labute approximate surface area is 101 Å². The van der Waals surface area contributed by atoms with Crippen molar-refractivity contribution in [3.63, 3.8) is 0 Å². The molecule has 0 atom stereocenters. The minimum atomic E-state index is -2.87. The summed E-state index contributed by atoms with van der Waals surface area (Å²) in [6.07, 6.45) is -3.26. The van der Waals surface area contributed by atoms with Gasteiger partial charge in [0.05, 0.1) is 7.11 Å². The predicted molar refractivity (Wildman–Crippen MR) is 56.3 cm³/mol. The van der Waals surface area contributed by atoms with E-state index in [2.05, 4.69) is 9.72 Å². The van der Waals surface area contributed by atoms with E-state index in [9.17, 15) is 23.7 Å². The van der Waals surface area contributed by atoms with Gasteiger partial charge in [-0.15, -0.1) is 0 Å². The minimum Gasteiger partial charge on any atom is -0.469 e. The lowest BCUT2D eigenvalue weighted by molar-refractivity contribution is -0.389. The first kappa shape index (κ1) is 13.9. The molecule has 0 aliphatic carbocycles.